The van der Waals surface area contributed by atoms with Crippen molar-refractivity contribution < 1.29 is 4.79 Å². The average Bonchev–Trinajstić information content (AvgIpc) is 3.40. The molecule has 3 aromatic rings. The van der Waals surface area contributed by atoms with Gasteiger partial charge in [-0.05, 0) is 31.0 Å². The fourth-order valence-electron chi connectivity index (χ4n) is 3.58. The Morgan fingerprint density at radius 2 is 2.30 bits per heavy atom. The van der Waals surface area contributed by atoms with E-state index in [0.717, 1.165) is 30.9 Å². The van der Waals surface area contributed by atoms with E-state index in [2.05, 4.69) is 20.6 Å². The summed E-state index contributed by atoms with van der Waals surface area (Å²) >= 11 is 1.59. The van der Waals surface area contributed by atoms with Crippen LogP contribution in [0.2, 0.25) is 0 Å². The molecule has 7 heteroatoms. The largest absolute Gasteiger partial charge is 0.338 e. The normalized spacial score (nSPS) is 16.9. The number of nitrogens with zero attached hydrogens (tertiary/aromatic N) is 5. The van der Waals surface area contributed by atoms with E-state index < -0.39 is 0 Å². The Morgan fingerprint density at radius 3 is 3.11 bits per heavy atom. The molecule has 0 radical (unpaired) electrons. The first-order valence-corrected chi connectivity index (χ1v) is 9.86. The molecule has 1 unspecified atom stereocenters. The first-order valence-electron chi connectivity index (χ1n) is 8.92. The van der Waals surface area contributed by atoms with Gasteiger partial charge in [0.05, 0.1) is 29.4 Å². The van der Waals surface area contributed by atoms with E-state index in [-0.39, 0.29) is 11.8 Å². The molecule has 4 rings (SSSR count). The molecule has 2 aromatic heterocycles. The summed E-state index contributed by atoms with van der Waals surface area (Å²) in [7, 11) is 0. The molecule has 6 nitrogen and oxygen atoms in total. The molecule has 136 valence electrons. The van der Waals surface area contributed by atoms with Crippen molar-refractivity contribution in [2.24, 2.45) is 0 Å². The second-order valence-corrected chi connectivity index (χ2v) is 7.39. The van der Waals surface area contributed by atoms with Crippen LogP contribution in [0, 0.1) is 11.3 Å². The standard InChI is InChI=1S/C20H19N5OS/c21-10-15-3-1-4-16(9-15)20(26)25-7-2-5-17(11-25)19-22-6-8-24(19)12-18-13-27-14-23-18/h1,3-4,6,8-9,13-14,17H,2,5,7,11-12H2. The van der Waals surface area contributed by atoms with Crippen molar-refractivity contribution in [1.82, 2.24) is 19.4 Å². The van der Waals surface area contributed by atoms with Crippen LogP contribution in [-0.2, 0) is 6.54 Å². The predicted molar refractivity (Wildman–Crippen MR) is 102 cm³/mol. The van der Waals surface area contributed by atoms with Crippen molar-refractivity contribution in [3.05, 3.63) is 70.2 Å². The van der Waals surface area contributed by atoms with Gasteiger partial charge in [0.15, 0.2) is 0 Å². The quantitative estimate of drug-likeness (QED) is 0.699. The molecular weight excluding hydrogens is 358 g/mol. The SMILES string of the molecule is N#Cc1cccc(C(=O)N2CCCC(c3nccn3Cc3cscn3)C2)c1. The minimum absolute atomic E-state index is 0.0191. The molecule has 3 heterocycles. The highest BCUT2D eigenvalue weighted by molar-refractivity contribution is 7.07. The molecule has 1 saturated heterocycles. The number of nitriles is 1. The van der Waals surface area contributed by atoms with Crippen LogP contribution in [-0.4, -0.2) is 38.4 Å². The van der Waals surface area contributed by atoms with Crippen LogP contribution in [0.15, 0.2) is 47.5 Å². The number of hydrogen-bond acceptors (Lipinski definition) is 5. The maximum Gasteiger partial charge on any atom is 0.253 e. The molecule has 27 heavy (non-hydrogen) atoms. The smallest absolute Gasteiger partial charge is 0.253 e. The maximum atomic E-state index is 12.9. The van der Waals surface area contributed by atoms with Crippen molar-refractivity contribution in [3.8, 4) is 6.07 Å². The van der Waals surface area contributed by atoms with Crippen LogP contribution in [0.3, 0.4) is 0 Å². The third-order valence-corrected chi connectivity index (χ3v) is 5.51. The Balaban J connectivity index is 1.51. The lowest BCUT2D eigenvalue weighted by Crippen LogP contribution is -2.39. The number of amides is 1. The van der Waals surface area contributed by atoms with Crippen molar-refractivity contribution in [2.45, 2.75) is 25.3 Å². The van der Waals surface area contributed by atoms with Gasteiger partial charge < -0.3 is 9.47 Å². The van der Waals surface area contributed by atoms with E-state index in [1.54, 1.807) is 35.6 Å². The van der Waals surface area contributed by atoms with E-state index in [1.807, 2.05) is 28.2 Å². The highest BCUT2D eigenvalue weighted by Crippen LogP contribution is 2.27. The zero-order valence-corrected chi connectivity index (χ0v) is 15.6. The number of carbonyl (C=O) groups is 1. The number of aromatic nitrogens is 3. The summed E-state index contributed by atoms with van der Waals surface area (Å²) in [6.07, 6.45) is 5.75. The van der Waals surface area contributed by atoms with Gasteiger partial charge in [-0.3, -0.25) is 4.79 Å². The average molecular weight is 377 g/mol. The molecule has 1 aliphatic heterocycles. The summed E-state index contributed by atoms with van der Waals surface area (Å²) in [5.74, 6) is 1.19. The highest BCUT2D eigenvalue weighted by atomic mass is 32.1. The number of carbonyl (C=O) groups excluding carboxylic acids is 1. The zero-order chi connectivity index (χ0) is 18.6. The third kappa shape index (κ3) is 3.76. The van der Waals surface area contributed by atoms with E-state index in [4.69, 9.17) is 5.26 Å². The van der Waals surface area contributed by atoms with Gasteiger partial charge in [0.25, 0.3) is 5.91 Å². The fourth-order valence-corrected chi connectivity index (χ4v) is 4.13. The molecule has 0 N–H and O–H groups in total. The summed E-state index contributed by atoms with van der Waals surface area (Å²) in [4.78, 5) is 23.7. The van der Waals surface area contributed by atoms with Crippen molar-refractivity contribution in [3.63, 3.8) is 0 Å². The van der Waals surface area contributed by atoms with E-state index in [1.165, 1.54) is 0 Å². The second kappa shape index (κ2) is 7.72. The Hall–Kier alpha value is -2.98. The molecule has 1 fully saturated rings. The lowest BCUT2D eigenvalue weighted by Gasteiger charge is -2.32. The molecule has 1 aliphatic rings. The van der Waals surface area contributed by atoms with Crippen LogP contribution in [0.1, 0.15) is 46.2 Å². The molecule has 0 saturated carbocycles. The highest BCUT2D eigenvalue weighted by Gasteiger charge is 2.28. The molecule has 1 amide bonds. The minimum atomic E-state index is -0.0191. The van der Waals surface area contributed by atoms with Gasteiger partial charge in [0.2, 0.25) is 0 Å². The molecule has 1 atom stereocenters. The van der Waals surface area contributed by atoms with Gasteiger partial charge >= 0.3 is 0 Å². The van der Waals surface area contributed by atoms with Gasteiger partial charge in [0, 0.05) is 42.3 Å². The lowest BCUT2D eigenvalue weighted by atomic mass is 9.96. The van der Waals surface area contributed by atoms with E-state index >= 15 is 0 Å². The van der Waals surface area contributed by atoms with Gasteiger partial charge in [-0.1, -0.05) is 6.07 Å². The van der Waals surface area contributed by atoms with Crippen LogP contribution in [0.4, 0.5) is 0 Å². The predicted octanol–water partition coefficient (Wildman–Crippen LogP) is 3.28. The summed E-state index contributed by atoms with van der Waals surface area (Å²) in [5, 5.41) is 11.1. The van der Waals surface area contributed by atoms with Gasteiger partial charge in [-0.2, -0.15) is 5.26 Å². The Kier molecular flexibility index (Phi) is 4.99. The minimum Gasteiger partial charge on any atom is -0.338 e. The van der Waals surface area contributed by atoms with Crippen molar-refractivity contribution in [2.75, 3.05) is 13.1 Å². The third-order valence-electron chi connectivity index (χ3n) is 4.88. The molecule has 0 bridgehead atoms. The van der Waals surface area contributed by atoms with Gasteiger partial charge in [-0.15, -0.1) is 11.3 Å². The Morgan fingerprint density at radius 1 is 1.37 bits per heavy atom. The van der Waals surface area contributed by atoms with E-state index in [0.29, 0.717) is 24.2 Å². The number of likely N-dealkylation sites (tertiary alicyclic amines) is 1. The number of benzene rings is 1. The van der Waals surface area contributed by atoms with Crippen LogP contribution in [0.5, 0.6) is 0 Å². The molecule has 0 aliphatic carbocycles. The number of piperidine rings is 1. The Labute approximate surface area is 161 Å². The van der Waals surface area contributed by atoms with Crippen molar-refractivity contribution >= 4 is 17.2 Å². The summed E-state index contributed by atoms with van der Waals surface area (Å²) < 4.78 is 2.13. The molecule has 1 aromatic carbocycles. The number of imidazole rings is 1. The summed E-state index contributed by atoms with van der Waals surface area (Å²) in [5.41, 5.74) is 3.94. The number of thiazole rings is 1. The first-order chi connectivity index (χ1) is 13.2. The van der Waals surface area contributed by atoms with Crippen molar-refractivity contribution in [1.29, 1.82) is 5.26 Å². The lowest BCUT2D eigenvalue weighted by molar-refractivity contribution is 0.0703. The van der Waals surface area contributed by atoms with Gasteiger partial charge in [0.1, 0.15) is 5.82 Å². The fraction of sp³-hybridized carbons (Fsp3) is 0.300. The van der Waals surface area contributed by atoms with E-state index in [9.17, 15) is 4.79 Å². The maximum absolute atomic E-state index is 12.9. The molecule has 0 spiro atoms. The number of rotatable bonds is 4. The van der Waals surface area contributed by atoms with Crippen LogP contribution >= 0.6 is 11.3 Å². The monoisotopic (exact) mass is 377 g/mol. The zero-order valence-electron chi connectivity index (χ0n) is 14.8. The molecular formula is C20H19N5OS. The topological polar surface area (TPSA) is 74.8 Å². The second-order valence-electron chi connectivity index (χ2n) is 6.68. The summed E-state index contributed by atoms with van der Waals surface area (Å²) in [6.45, 7) is 2.08. The van der Waals surface area contributed by atoms with Crippen LogP contribution < -0.4 is 0 Å². The summed E-state index contributed by atoms with van der Waals surface area (Å²) in [6, 6.07) is 9.00. The van der Waals surface area contributed by atoms with Crippen LogP contribution in [0.25, 0.3) is 0 Å². The Bertz CT molecular complexity index is 972. The first kappa shape index (κ1) is 17.4. The van der Waals surface area contributed by atoms with Gasteiger partial charge in [-0.25, -0.2) is 9.97 Å². The number of hydrogen-bond donors (Lipinski definition) is 0.